The van der Waals surface area contributed by atoms with Gasteiger partial charge >= 0.3 is 6.03 Å². The van der Waals surface area contributed by atoms with E-state index >= 15 is 0 Å². The molecule has 2 aliphatic rings. The van der Waals surface area contributed by atoms with E-state index in [9.17, 15) is 14.4 Å². The van der Waals surface area contributed by atoms with Crippen LogP contribution in [0.15, 0.2) is 0 Å². The van der Waals surface area contributed by atoms with Gasteiger partial charge in [0.2, 0.25) is 5.91 Å². The highest BCUT2D eigenvalue weighted by Gasteiger charge is 2.48. The number of imide groups is 1. The highest BCUT2D eigenvalue weighted by molar-refractivity contribution is 6.07. The first-order valence-electron chi connectivity index (χ1n) is 6.54. The summed E-state index contributed by atoms with van der Waals surface area (Å²) in [6, 6.07) is -0.968. The topological polar surface area (TPSA) is 105 Å². The van der Waals surface area contributed by atoms with E-state index in [4.69, 9.17) is 5.73 Å². The van der Waals surface area contributed by atoms with Crippen LogP contribution in [-0.2, 0) is 9.59 Å². The lowest BCUT2D eigenvalue weighted by Gasteiger charge is -2.38. The van der Waals surface area contributed by atoms with Crippen LogP contribution in [0.1, 0.15) is 26.7 Å². The van der Waals surface area contributed by atoms with Crippen LogP contribution in [0.2, 0.25) is 0 Å². The van der Waals surface area contributed by atoms with E-state index in [1.807, 2.05) is 13.8 Å². The van der Waals surface area contributed by atoms with Gasteiger partial charge in [0.15, 0.2) is 0 Å². The van der Waals surface area contributed by atoms with Gasteiger partial charge in [-0.2, -0.15) is 0 Å². The Kier molecular flexibility index (Phi) is 3.49. The summed E-state index contributed by atoms with van der Waals surface area (Å²) in [6.07, 6.45) is 0.863. The number of rotatable bonds is 2. The molecular weight excluding hydrogens is 248 g/mol. The molecular formula is C12H20N4O3. The van der Waals surface area contributed by atoms with Gasteiger partial charge in [0, 0.05) is 13.1 Å². The number of nitrogens with zero attached hydrogens (tertiary/aromatic N) is 1. The highest BCUT2D eigenvalue weighted by Crippen LogP contribution is 2.26. The maximum absolute atomic E-state index is 12.1. The number of piperidine rings is 1. The van der Waals surface area contributed by atoms with Crippen molar-refractivity contribution in [1.82, 2.24) is 15.5 Å². The minimum absolute atomic E-state index is 0.0814. The molecule has 1 spiro atoms. The molecule has 2 heterocycles. The van der Waals surface area contributed by atoms with Gasteiger partial charge in [-0.3, -0.25) is 14.9 Å². The van der Waals surface area contributed by atoms with Gasteiger partial charge in [0.1, 0.15) is 5.54 Å². The molecule has 0 saturated carbocycles. The highest BCUT2D eigenvalue weighted by atomic mass is 16.2. The zero-order chi connectivity index (χ0) is 14.2. The maximum Gasteiger partial charge on any atom is 0.322 e. The molecule has 106 valence electrons. The minimum atomic E-state index is -0.838. The molecule has 2 aliphatic heterocycles. The number of likely N-dealkylation sites (tertiary alicyclic amines) is 1. The third-order valence-electron chi connectivity index (χ3n) is 3.95. The second-order valence-corrected chi connectivity index (χ2v) is 5.59. The Balaban J connectivity index is 1.98. The SMILES string of the molecule is CC(C)[C@@H](N)C(=O)N1CCC2(CC1)NC(=O)NC2=O. The predicted octanol–water partition coefficient (Wildman–Crippen LogP) is -0.830. The lowest BCUT2D eigenvalue weighted by atomic mass is 9.87. The third-order valence-corrected chi connectivity index (χ3v) is 3.95. The molecule has 7 nitrogen and oxygen atoms in total. The quantitative estimate of drug-likeness (QED) is 0.568. The number of nitrogens with two attached hydrogens (primary N) is 1. The third kappa shape index (κ3) is 2.42. The van der Waals surface area contributed by atoms with Crippen molar-refractivity contribution in [1.29, 1.82) is 0 Å². The average Bonchev–Trinajstić information content (AvgIpc) is 2.63. The fourth-order valence-corrected chi connectivity index (χ4v) is 2.48. The number of hydrogen-bond acceptors (Lipinski definition) is 4. The molecule has 0 aliphatic carbocycles. The Morgan fingerprint density at radius 1 is 1.32 bits per heavy atom. The van der Waals surface area contributed by atoms with Gasteiger partial charge in [-0.05, 0) is 18.8 Å². The number of amides is 4. The normalized spacial score (nSPS) is 23.5. The van der Waals surface area contributed by atoms with Gasteiger partial charge < -0.3 is 16.0 Å². The van der Waals surface area contributed by atoms with Crippen LogP contribution in [0.5, 0.6) is 0 Å². The fourth-order valence-electron chi connectivity index (χ4n) is 2.48. The molecule has 2 saturated heterocycles. The van der Waals surface area contributed by atoms with E-state index < -0.39 is 17.6 Å². The summed E-state index contributed by atoms with van der Waals surface area (Å²) in [5, 5.41) is 4.91. The first-order valence-corrected chi connectivity index (χ1v) is 6.54. The van der Waals surface area contributed by atoms with Crippen molar-refractivity contribution in [3.63, 3.8) is 0 Å². The minimum Gasteiger partial charge on any atom is -0.341 e. The molecule has 0 aromatic heterocycles. The molecule has 1 atom stereocenters. The van der Waals surface area contributed by atoms with E-state index in [-0.39, 0.29) is 17.7 Å². The van der Waals surface area contributed by atoms with Gasteiger partial charge in [-0.25, -0.2) is 4.79 Å². The molecule has 0 radical (unpaired) electrons. The molecule has 7 heteroatoms. The molecule has 4 N–H and O–H groups in total. The van der Waals surface area contributed by atoms with Crippen molar-refractivity contribution in [3.05, 3.63) is 0 Å². The van der Waals surface area contributed by atoms with Crippen molar-refractivity contribution in [2.75, 3.05) is 13.1 Å². The Labute approximate surface area is 111 Å². The number of hydrogen-bond donors (Lipinski definition) is 3. The lowest BCUT2D eigenvalue weighted by Crippen LogP contribution is -2.58. The largest absolute Gasteiger partial charge is 0.341 e. The van der Waals surface area contributed by atoms with Crippen LogP contribution < -0.4 is 16.4 Å². The first-order chi connectivity index (χ1) is 8.85. The van der Waals surface area contributed by atoms with Gasteiger partial charge in [0.05, 0.1) is 6.04 Å². The summed E-state index contributed by atoms with van der Waals surface area (Å²) in [7, 11) is 0. The summed E-state index contributed by atoms with van der Waals surface area (Å²) in [5.41, 5.74) is 5.01. The summed E-state index contributed by atoms with van der Waals surface area (Å²) in [4.78, 5) is 36.7. The standard InChI is InChI=1S/C12H20N4O3/c1-7(2)8(13)9(17)16-5-3-12(4-6-16)10(18)14-11(19)15-12/h7-8H,3-6,13H2,1-2H3,(H2,14,15,18,19)/t8-/m1/s1. The molecule has 2 fully saturated rings. The van der Waals surface area contributed by atoms with Crippen LogP contribution in [0.4, 0.5) is 4.79 Å². The van der Waals surface area contributed by atoms with Crippen molar-refractivity contribution >= 4 is 17.8 Å². The number of nitrogens with one attached hydrogen (secondary N) is 2. The zero-order valence-electron chi connectivity index (χ0n) is 11.2. The van der Waals surface area contributed by atoms with Crippen LogP contribution in [-0.4, -0.2) is 47.4 Å². The van der Waals surface area contributed by atoms with E-state index in [0.717, 1.165) is 0 Å². The van der Waals surface area contributed by atoms with E-state index in [2.05, 4.69) is 10.6 Å². The number of carbonyl (C=O) groups excluding carboxylic acids is 3. The Morgan fingerprint density at radius 2 is 1.89 bits per heavy atom. The second-order valence-electron chi connectivity index (χ2n) is 5.59. The molecule has 0 bridgehead atoms. The zero-order valence-corrected chi connectivity index (χ0v) is 11.2. The van der Waals surface area contributed by atoms with Crippen LogP contribution >= 0.6 is 0 Å². The average molecular weight is 268 g/mol. The van der Waals surface area contributed by atoms with E-state index in [1.54, 1.807) is 4.90 Å². The van der Waals surface area contributed by atoms with Crippen molar-refractivity contribution in [2.24, 2.45) is 11.7 Å². The van der Waals surface area contributed by atoms with Gasteiger partial charge in [0.25, 0.3) is 5.91 Å². The second kappa shape index (κ2) is 4.80. The Morgan fingerprint density at radius 3 is 2.32 bits per heavy atom. The van der Waals surface area contributed by atoms with Crippen LogP contribution in [0.3, 0.4) is 0 Å². The van der Waals surface area contributed by atoms with Gasteiger partial charge in [-0.15, -0.1) is 0 Å². The molecule has 19 heavy (non-hydrogen) atoms. The Bertz CT molecular complexity index is 413. The maximum atomic E-state index is 12.1. The summed E-state index contributed by atoms with van der Waals surface area (Å²) >= 11 is 0. The number of carbonyl (C=O) groups is 3. The fraction of sp³-hybridized carbons (Fsp3) is 0.750. The van der Waals surface area contributed by atoms with E-state index in [1.165, 1.54) is 0 Å². The summed E-state index contributed by atoms with van der Waals surface area (Å²) < 4.78 is 0. The molecule has 2 rings (SSSR count). The summed E-state index contributed by atoms with van der Waals surface area (Å²) in [5.74, 6) is -0.301. The van der Waals surface area contributed by atoms with Crippen LogP contribution in [0.25, 0.3) is 0 Å². The lowest BCUT2D eigenvalue weighted by molar-refractivity contribution is -0.137. The number of urea groups is 1. The van der Waals surface area contributed by atoms with Crippen molar-refractivity contribution in [3.8, 4) is 0 Å². The van der Waals surface area contributed by atoms with Crippen LogP contribution in [0, 0.1) is 5.92 Å². The van der Waals surface area contributed by atoms with E-state index in [0.29, 0.717) is 25.9 Å². The molecule has 0 aromatic rings. The monoisotopic (exact) mass is 268 g/mol. The predicted molar refractivity (Wildman–Crippen MR) is 68.0 cm³/mol. The van der Waals surface area contributed by atoms with Crippen molar-refractivity contribution in [2.45, 2.75) is 38.3 Å². The van der Waals surface area contributed by atoms with Crippen molar-refractivity contribution < 1.29 is 14.4 Å². The summed E-state index contributed by atoms with van der Waals surface area (Å²) in [6.45, 7) is 4.68. The smallest absolute Gasteiger partial charge is 0.322 e. The molecule has 4 amide bonds. The molecule has 0 unspecified atom stereocenters. The Hall–Kier alpha value is -1.63. The molecule has 0 aromatic carbocycles. The first kappa shape index (κ1) is 13.8. The van der Waals surface area contributed by atoms with Gasteiger partial charge in [-0.1, -0.05) is 13.8 Å².